The first kappa shape index (κ1) is 25.3. The fourth-order valence-electron chi connectivity index (χ4n) is 2.92. The minimum Gasteiger partial charge on any atom is -0.378 e. The van der Waals surface area contributed by atoms with Crippen LogP contribution in [0.5, 0.6) is 0 Å². The molecule has 0 atom stereocenters. The zero-order chi connectivity index (χ0) is 24.0. The van der Waals surface area contributed by atoms with Gasteiger partial charge in [-0.3, -0.25) is 0 Å². The average molecular weight is 470 g/mol. The van der Waals surface area contributed by atoms with E-state index in [1.807, 2.05) is 0 Å². The highest BCUT2D eigenvalue weighted by molar-refractivity contribution is 5.43. The average Bonchev–Trinajstić information content (AvgIpc) is 2.85. The van der Waals surface area contributed by atoms with Crippen LogP contribution in [0.1, 0.15) is 16.7 Å². The van der Waals surface area contributed by atoms with Gasteiger partial charge in [-0.2, -0.15) is 15.0 Å². The van der Waals surface area contributed by atoms with E-state index in [-0.39, 0.29) is 5.82 Å². The van der Waals surface area contributed by atoms with Gasteiger partial charge in [0.25, 0.3) is 0 Å². The number of ether oxygens (including phenoxy) is 2. The molecule has 0 amide bonds. The van der Waals surface area contributed by atoms with Crippen LogP contribution < -0.4 is 21.7 Å². The Morgan fingerprint density at radius 3 is 1.76 bits per heavy atom. The summed E-state index contributed by atoms with van der Waals surface area (Å²) < 4.78 is 24.0. The zero-order valence-corrected chi connectivity index (χ0v) is 19.4. The zero-order valence-electron chi connectivity index (χ0n) is 19.4. The van der Waals surface area contributed by atoms with Gasteiger partial charge < -0.3 is 31.2 Å². The molecule has 34 heavy (non-hydrogen) atoms. The Kier molecular flexibility index (Phi) is 10.4. The Morgan fingerprint density at radius 2 is 1.21 bits per heavy atom. The molecule has 2 aromatic carbocycles. The van der Waals surface area contributed by atoms with E-state index >= 15 is 0 Å². The summed E-state index contributed by atoms with van der Waals surface area (Å²) in [4.78, 5) is 13.4. The van der Waals surface area contributed by atoms with Crippen LogP contribution in [0.2, 0.25) is 0 Å². The number of rotatable bonds is 15. The van der Waals surface area contributed by atoms with Crippen LogP contribution in [0, 0.1) is 12.7 Å². The van der Waals surface area contributed by atoms with E-state index in [0.717, 1.165) is 11.1 Å². The highest BCUT2D eigenvalue weighted by atomic mass is 19.1. The molecule has 1 aromatic heterocycles. The van der Waals surface area contributed by atoms with Crippen molar-refractivity contribution in [1.29, 1.82) is 0 Å². The first-order valence-corrected chi connectivity index (χ1v) is 11.3. The second-order valence-corrected chi connectivity index (χ2v) is 7.57. The van der Waals surface area contributed by atoms with Crippen LogP contribution in [-0.4, -0.2) is 54.5 Å². The summed E-state index contributed by atoms with van der Waals surface area (Å²) in [7, 11) is 0. The molecule has 0 spiro atoms. The van der Waals surface area contributed by atoms with Gasteiger partial charge in [0, 0.05) is 26.2 Å². The molecule has 182 valence electrons. The molecule has 0 radical (unpaired) electrons. The lowest BCUT2D eigenvalue weighted by molar-refractivity contribution is 0.0547. The summed E-state index contributed by atoms with van der Waals surface area (Å²) in [5.74, 6) is 0.997. The molecule has 5 N–H and O–H groups in total. The van der Waals surface area contributed by atoms with Crippen molar-refractivity contribution in [2.45, 2.75) is 20.0 Å². The highest BCUT2D eigenvalue weighted by Gasteiger charge is 2.07. The van der Waals surface area contributed by atoms with Gasteiger partial charge in [0.1, 0.15) is 5.82 Å². The molecule has 0 aliphatic carbocycles. The number of halogens is 1. The summed E-state index contributed by atoms with van der Waals surface area (Å²) in [6, 6.07) is 14.5. The van der Waals surface area contributed by atoms with Crippen molar-refractivity contribution in [1.82, 2.24) is 15.0 Å². The van der Waals surface area contributed by atoms with Gasteiger partial charge in [-0.1, -0.05) is 42.0 Å². The van der Waals surface area contributed by atoms with E-state index in [0.29, 0.717) is 70.5 Å². The molecule has 0 saturated carbocycles. The lowest BCUT2D eigenvalue weighted by atomic mass is 10.1. The van der Waals surface area contributed by atoms with Gasteiger partial charge in [0.2, 0.25) is 17.8 Å². The van der Waals surface area contributed by atoms with E-state index in [4.69, 9.17) is 15.2 Å². The Hall–Kier alpha value is -3.34. The number of nitrogens with zero attached hydrogens (tertiary/aromatic N) is 3. The number of benzene rings is 2. The van der Waals surface area contributed by atoms with E-state index in [2.05, 4.69) is 62.1 Å². The normalized spacial score (nSPS) is 10.8. The highest BCUT2D eigenvalue weighted by Crippen LogP contribution is 2.13. The van der Waals surface area contributed by atoms with Crippen LogP contribution in [0.4, 0.5) is 22.2 Å². The monoisotopic (exact) mass is 469 g/mol. The Bertz CT molecular complexity index is 920. The minimum atomic E-state index is -0.272. The maximum Gasteiger partial charge on any atom is 0.229 e. The predicted octanol–water partition coefficient (Wildman–Crippen LogP) is 2.95. The van der Waals surface area contributed by atoms with Gasteiger partial charge in [-0.25, -0.2) is 4.39 Å². The third-order valence-electron chi connectivity index (χ3n) is 4.73. The lowest BCUT2D eigenvalue weighted by Gasteiger charge is -2.12. The minimum absolute atomic E-state index is 0.272. The molecule has 3 rings (SSSR count). The molecule has 9 nitrogen and oxygen atoms in total. The summed E-state index contributed by atoms with van der Waals surface area (Å²) in [5.41, 5.74) is 8.61. The predicted molar refractivity (Wildman–Crippen MR) is 131 cm³/mol. The van der Waals surface area contributed by atoms with Gasteiger partial charge >= 0.3 is 0 Å². The molecule has 10 heteroatoms. The summed E-state index contributed by atoms with van der Waals surface area (Å²) in [6.07, 6.45) is 0. The maximum atomic E-state index is 13.2. The second-order valence-electron chi connectivity index (χ2n) is 7.57. The summed E-state index contributed by atoms with van der Waals surface area (Å²) in [5, 5.41) is 9.58. The fourth-order valence-corrected chi connectivity index (χ4v) is 2.92. The summed E-state index contributed by atoms with van der Waals surface area (Å²) in [6.45, 7) is 6.10. The lowest BCUT2D eigenvalue weighted by Crippen LogP contribution is -2.17. The molecule has 0 aliphatic rings. The van der Waals surface area contributed by atoms with Gasteiger partial charge in [-0.05, 0) is 30.2 Å². The van der Waals surface area contributed by atoms with Crippen molar-refractivity contribution < 1.29 is 13.9 Å². The van der Waals surface area contributed by atoms with Crippen molar-refractivity contribution in [2.24, 2.45) is 5.73 Å². The number of aryl methyl sites for hydroxylation is 1. The number of nitrogens with one attached hydrogen (secondary N) is 3. The quantitative estimate of drug-likeness (QED) is 0.249. The smallest absolute Gasteiger partial charge is 0.229 e. The van der Waals surface area contributed by atoms with Crippen molar-refractivity contribution in [3.8, 4) is 0 Å². The molecule has 0 bridgehead atoms. The van der Waals surface area contributed by atoms with Crippen LogP contribution in [-0.2, 0) is 22.6 Å². The van der Waals surface area contributed by atoms with E-state index in [9.17, 15) is 4.39 Å². The molecule has 3 aromatic rings. The third kappa shape index (κ3) is 9.26. The SMILES string of the molecule is Cc1ccc(CNc2nc(NCCOCCOCCN)nc(NCc3ccc(F)cc3)n2)cc1. The first-order valence-electron chi connectivity index (χ1n) is 11.3. The van der Waals surface area contributed by atoms with Gasteiger partial charge in [0.05, 0.1) is 26.4 Å². The van der Waals surface area contributed by atoms with E-state index in [1.54, 1.807) is 12.1 Å². The van der Waals surface area contributed by atoms with Gasteiger partial charge in [-0.15, -0.1) is 0 Å². The fraction of sp³-hybridized carbons (Fsp3) is 0.375. The van der Waals surface area contributed by atoms with Crippen LogP contribution in [0.15, 0.2) is 48.5 Å². The molecule has 0 saturated heterocycles. The first-order chi connectivity index (χ1) is 16.6. The molecule has 0 aliphatic heterocycles. The number of hydrogen-bond acceptors (Lipinski definition) is 9. The number of hydrogen-bond donors (Lipinski definition) is 4. The Balaban J connectivity index is 1.57. The van der Waals surface area contributed by atoms with Crippen LogP contribution in [0.3, 0.4) is 0 Å². The second kappa shape index (κ2) is 14.0. The maximum absolute atomic E-state index is 13.2. The number of aromatic nitrogens is 3. The number of anilines is 3. The van der Waals surface area contributed by atoms with Crippen LogP contribution >= 0.6 is 0 Å². The molecular weight excluding hydrogens is 437 g/mol. The Labute approximate surface area is 199 Å². The third-order valence-corrected chi connectivity index (χ3v) is 4.73. The molecular formula is C24H32FN7O2. The van der Waals surface area contributed by atoms with Crippen LogP contribution in [0.25, 0.3) is 0 Å². The van der Waals surface area contributed by atoms with Crippen molar-refractivity contribution in [2.75, 3.05) is 55.5 Å². The van der Waals surface area contributed by atoms with Gasteiger partial charge in [0.15, 0.2) is 0 Å². The van der Waals surface area contributed by atoms with Crippen molar-refractivity contribution >= 4 is 17.8 Å². The molecule has 0 fully saturated rings. The van der Waals surface area contributed by atoms with E-state index < -0.39 is 0 Å². The van der Waals surface area contributed by atoms with Crippen molar-refractivity contribution in [3.05, 3.63) is 71.0 Å². The van der Waals surface area contributed by atoms with E-state index in [1.165, 1.54) is 17.7 Å². The Morgan fingerprint density at radius 1 is 0.706 bits per heavy atom. The molecule has 0 unspecified atom stereocenters. The number of nitrogens with two attached hydrogens (primary N) is 1. The largest absolute Gasteiger partial charge is 0.378 e. The topological polar surface area (TPSA) is 119 Å². The summed E-state index contributed by atoms with van der Waals surface area (Å²) >= 11 is 0. The van der Waals surface area contributed by atoms with Crippen molar-refractivity contribution in [3.63, 3.8) is 0 Å². The molecule has 1 heterocycles. The standard InChI is InChI=1S/C24H32FN7O2/c1-18-2-4-19(5-3-18)16-28-23-30-22(27-11-13-34-15-14-33-12-10-26)31-24(32-23)29-17-20-6-8-21(25)9-7-20/h2-9H,10-17,26H2,1H3,(H3,27,28,29,30,31,32).